The highest BCUT2D eigenvalue weighted by molar-refractivity contribution is 6.00. The van der Waals surface area contributed by atoms with Gasteiger partial charge in [0.2, 0.25) is 5.88 Å². The van der Waals surface area contributed by atoms with E-state index in [2.05, 4.69) is 14.9 Å². The van der Waals surface area contributed by atoms with Gasteiger partial charge < -0.3 is 9.84 Å². The Morgan fingerprint density at radius 1 is 1.23 bits per heavy atom. The zero-order valence-electron chi connectivity index (χ0n) is 15.4. The molecule has 144 valence electrons. The van der Waals surface area contributed by atoms with E-state index in [1.807, 2.05) is 0 Å². The van der Waals surface area contributed by atoms with Crippen molar-refractivity contribution in [3.05, 3.63) is 26.4 Å². The summed E-state index contributed by atoms with van der Waals surface area (Å²) >= 11 is 0. The summed E-state index contributed by atoms with van der Waals surface area (Å²) in [6.45, 7) is 6.25. The van der Waals surface area contributed by atoms with Gasteiger partial charge in [0.1, 0.15) is 5.56 Å². The molecule has 2 aliphatic rings. The molecular weight excluding hydrogens is 336 g/mol. The van der Waals surface area contributed by atoms with E-state index in [1.165, 1.54) is 4.57 Å². The predicted molar refractivity (Wildman–Crippen MR) is 99.4 cm³/mol. The summed E-state index contributed by atoms with van der Waals surface area (Å²) < 4.78 is 6.67. The molecule has 8 heteroatoms. The van der Waals surface area contributed by atoms with Crippen molar-refractivity contribution in [3.63, 3.8) is 0 Å². The van der Waals surface area contributed by atoms with Gasteiger partial charge in [-0.2, -0.15) is 0 Å². The van der Waals surface area contributed by atoms with Crippen molar-refractivity contribution in [2.45, 2.75) is 45.1 Å². The Bertz CT molecular complexity index is 755. The SMILES string of the molecule is CC(=NCCN1CCOCC1)c1c(O)n(C2CCCCC2)c(=O)[nH]c1=O. The molecule has 1 aliphatic carbocycles. The largest absolute Gasteiger partial charge is 0.494 e. The third kappa shape index (κ3) is 4.24. The Morgan fingerprint density at radius 2 is 1.92 bits per heavy atom. The van der Waals surface area contributed by atoms with Crippen LogP contribution in [0.5, 0.6) is 5.88 Å². The Morgan fingerprint density at radius 3 is 2.62 bits per heavy atom. The van der Waals surface area contributed by atoms with E-state index in [0.29, 0.717) is 12.3 Å². The van der Waals surface area contributed by atoms with Gasteiger partial charge in [0.05, 0.1) is 19.8 Å². The van der Waals surface area contributed by atoms with Gasteiger partial charge in [-0.15, -0.1) is 0 Å². The zero-order chi connectivity index (χ0) is 18.5. The van der Waals surface area contributed by atoms with Crippen molar-refractivity contribution in [1.29, 1.82) is 0 Å². The molecule has 1 aromatic rings. The molecule has 3 rings (SSSR count). The average Bonchev–Trinajstić information content (AvgIpc) is 2.63. The summed E-state index contributed by atoms with van der Waals surface area (Å²) in [5.74, 6) is -0.252. The van der Waals surface area contributed by atoms with Crippen LogP contribution in [0.2, 0.25) is 0 Å². The molecule has 0 bridgehead atoms. The lowest BCUT2D eigenvalue weighted by atomic mass is 9.95. The number of H-pyrrole nitrogens is 1. The van der Waals surface area contributed by atoms with E-state index >= 15 is 0 Å². The van der Waals surface area contributed by atoms with E-state index < -0.39 is 11.2 Å². The average molecular weight is 364 g/mol. The first-order valence-electron chi connectivity index (χ1n) is 9.47. The monoisotopic (exact) mass is 364 g/mol. The van der Waals surface area contributed by atoms with Gasteiger partial charge in [0.15, 0.2) is 0 Å². The van der Waals surface area contributed by atoms with Crippen LogP contribution in [0.25, 0.3) is 0 Å². The maximum atomic E-state index is 12.3. The summed E-state index contributed by atoms with van der Waals surface area (Å²) in [4.78, 5) is 33.6. The van der Waals surface area contributed by atoms with Crippen LogP contribution in [0.4, 0.5) is 0 Å². The molecule has 0 unspecified atom stereocenters. The molecule has 0 spiro atoms. The van der Waals surface area contributed by atoms with Crippen LogP contribution < -0.4 is 11.2 Å². The second-order valence-electron chi connectivity index (χ2n) is 7.04. The number of ether oxygens (including phenoxy) is 1. The van der Waals surface area contributed by atoms with Gasteiger partial charge in [-0.25, -0.2) is 4.79 Å². The molecule has 1 aliphatic heterocycles. The van der Waals surface area contributed by atoms with Crippen molar-refractivity contribution in [2.75, 3.05) is 39.4 Å². The molecule has 1 aromatic heterocycles. The van der Waals surface area contributed by atoms with E-state index in [1.54, 1.807) is 6.92 Å². The van der Waals surface area contributed by atoms with Crippen LogP contribution in [-0.4, -0.2) is 64.7 Å². The number of morpholine rings is 1. The normalized spacial score (nSPS) is 20.4. The van der Waals surface area contributed by atoms with Gasteiger partial charge in [-0.1, -0.05) is 19.3 Å². The lowest BCUT2D eigenvalue weighted by molar-refractivity contribution is 0.0394. The fraction of sp³-hybridized carbons (Fsp3) is 0.722. The smallest absolute Gasteiger partial charge is 0.331 e. The molecule has 0 aromatic carbocycles. The lowest BCUT2D eigenvalue weighted by Crippen LogP contribution is -2.38. The van der Waals surface area contributed by atoms with E-state index in [4.69, 9.17) is 4.74 Å². The Kier molecular flexibility index (Phi) is 6.26. The number of nitrogens with zero attached hydrogens (tertiary/aromatic N) is 3. The third-order valence-electron chi connectivity index (χ3n) is 5.29. The number of rotatable bonds is 5. The van der Waals surface area contributed by atoms with Crippen molar-refractivity contribution in [3.8, 4) is 5.88 Å². The minimum Gasteiger partial charge on any atom is -0.494 e. The first kappa shape index (κ1) is 18.8. The molecule has 0 amide bonds. The molecule has 0 radical (unpaired) electrons. The number of aromatic nitrogens is 2. The molecule has 2 N–H and O–H groups in total. The van der Waals surface area contributed by atoms with Crippen LogP contribution in [0.3, 0.4) is 0 Å². The van der Waals surface area contributed by atoms with Crippen molar-refractivity contribution >= 4 is 5.71 Å². The topological polar surface area (TPSA) is 99.9 Å². The number of aromatic amines is 1. The van der Waals surface area contributed by atoms with Crippen molar-refractivity contribution in [2.24, 2.45) is 4.99 Å². The molecule has 2 heterocycles. The fourth-order valence-electron chi connectivity index (χ4n) is 3.81. The summed E-state index contributed by atoms with van der Waals surface area (Å²) in [6, 6.07) is -0.0620. The first-order chi connectivity index (χ1) is 12.6. The number of hydrogen-bond acceptors (Lipinski definition) is 6. The lowest BCUT2D eigenvalue weighted by Gasteiger charge is -2.26. The molecular formula is C18H28N4O4. The van der Waals surface area contributed by atoms with Gasteiger partial charge in [0, 0.05) is 31.4 Å². The van der Waals surface area contributed by atoms with Gasteiger partial charge >= 0.3 is 5.69 Å². The van der Waals surface area contributed by atoms with Crippen molar-refractivity contribution in [1.82, 2.24) is 14.5 Å². The fourth-order valence-corrected chi connectivity index (χ4v) is 3.81. The molecule has 26 heavy (non-hydrogen) atoms. The standard InChI is InChI=1S/C18H28N4O4/c1-13(19-7-8-21-9-11-26-12-10-21)15-16(23)20-18(25)22(17(15)24)14-5-3-2-4-6-14/h14,24H,2-12H2,1H3,(H,20,23,25). The first-order valence-corrected chi connectivity index (χ1v) is 9.47. The molecule has 2 fully saturated rings. The summed E-state index contributed by atoms with van der Waals surface area (Å²) in [7, 11) is 0. The van der Waals surface area contributed by atoms with Gasteiger partial charge in [-0.3, -0.25) is 24.2 Å². The predicted octanol–water partition coefficient (Wildman–Crippen LogP) is 0.889. The van der Waals surface area contributed by atoms with Crippen LogP contribution in [0.15, 0.2) is 14.6 Å². The van der Waals surface area contributed by atoms with Crippen LogP contribution in [0, 0.1) is 0 Å². The van der Waals surface area contributed by atoms with Crippen LogP contribution >= 0.6 is 0 Å². The minimum absolute atomic E-state index is 0.0620. The van der Waals surface area contributed by atoms with E-state index in [-0.39, 0.29) is 17.5 Å². The third-order valence-corrected chi connectivity index (χ3v) is 5.29. The van der Waals surface area contributed by atoms with Crippen LogP contribution in [-0.2, 0) is 4.74 Å². The number of nitrogens with one attached hydrogen (secondary N) is 1. The summed E-state index contributed by atoms with van der Waals surface area (Å²) in [5, 5.41) is 10.7. The van der Waals surface area contributed by atoms with Crippen molar-refractivity contribution < 1.29 is 9.84 Å². The van der Waals surface area contributed by atoms with E-state index in [9.17, 15) is 14.7 Å². The highest BCUT2D eigenvalue weighted by atomic mass is 16.5. The Labute approximate surface area is 152 Å². The molecule has 8 nitrogen and oxygen atoms in total. The molecule has 1 saturated carbocycles. The van der Waals surface area contributed by atoms with Gasteiger partial charge in [-0.05, 0) is 19.8 Å². The second kappa shape index (κ2) is 8.64. The highest BCUT2D eigenvalue weighted by Crippen LogP contribution is 2.30. The Hall–Kier alpha value is -1.93. The molecule has 0 atom stereocenters. The van der Waals surface area contributed by atoms with Gasteiger partial charge in [0.25, 0.3) is 5.56 Å². The molecule has 1 saturated heterocycles. The van der Waals surface area contributed by atoms with Crippen LogP contribution in [0.1, 0.15) is 50.6 Å². The number of aliphatic imine (C=N–C) groups is 1. The summed E-state index contributed by atoms with van der Waals surface area (Å²) in [6.07, 6.45) is 4.87. The number of aromatic hydroxyl groups is 1. The maximum Gasteiger partial charge on any atom is 0.331 e. The van der Waals surface area contributed by atoms with E-state index in [0.717, 1.165) is 65.0 Å². The minimum atomic E-state index is -0.577. The number of hydrogen-bond donors (Lipinski definition) is 2. The Balaban J connectivity index is 1.80. The highest BCUT2D eigenvalue weighted by Gasteiger charge is 2.24. The quantitative estimate of drug-likeness (QED) is 0.756. The maximum absolute atomic E-state index is 12.3. The second-order valence-corrected chi connectivity index (χ2v) is 7.04. The summed E-state index contributed by atoms with van der Waals surface area (Å²) in [5.41, 5.74) is -0.546. The zero-order valence-corrected chi connectivity index (χ0v) is 15.4.